The number of likely N-dealkylation sites (tertiary alicyclic amines) is 1. The van der Waals surface area contributed by atoms with Crippen LogP contribution in [0.15, 0.2) is 54.6 Å². The summed E-state index contributed by atoms with van der Waals surface area (Å²) in [6.07, 6.45) is 1.74. The first-order valence-corrected chi connectivity index (χ1v) is 10.0. The van der Waals surface area contributed by atoms with E-state index in [1.807, 2.05) is 66.4 Å². The van der Waals surface area contributed by atoms with Crippen LogP contribution in [0, 0.1) is 5.92 Å². The Bertz CT molecular complexity index is 812. The predicted octanol–water partition coefficient (Wildman–Crippen LogP) is 3.87. The van der Waals surface area contributed by atoms with Gasteiger partial charge in [0.1, 0.15) is 0 Å². The second-order valence-corrected chi connectivity index (χ2v) is 7.65. The highest BCUT2D eigenvalue weighted by Crippen LogP contribution is 2.22. The van der Waals surface area contributed by atoms with E-state index in [1.54, 1.807) is 0 Å². The molecule has 0 spiro atoms. The van der Waals surface area contributed by atoms with E-state index in [0.29, 0.717) is 11.6 Å². The van der Waals surface area contributed by atoms with Crippen LogP contribution < -0.4 is 10.6 Å². The van der Waals surface area contributed by atoms with E-state index in [4.69, 9.17) is 11.6 Å². The van der Waals surface area contributed by atoms with Crippen LogP contribution in [-0.4, -0.2) is 36.3 Å². The van der Waals surface area contributed by atoms with Gasteiger partial charge >= 0.3 is 0 Å². The fourth-order valence-corrected chi connectivity index (χ4v) is 3.87. The van der Waals surface area contributed by atoms with Crippen LogP contribution >= 0.6 is 11.6 Å². The summed E-state index contributed by atoms with van der Waals surface area (Å²) in [5.74, 6) is -0.153. The number of rotatable bonds is 6. The quantitative estimate of drug-likeness (QED) is 0.775. The Morgan fingerprint density at radius 2 is 1.86 bits per heavy atom. The molecule has 2 atom stereocenters. The first-order valence-electron chi connectivity index (χ1n) is 9.65. The van der Waals surface area contributed by atoms with Gasteiger partial charge in [0.15, 0.2) is 0 Å². The van der Waals surface area contributed by atoms with Crippen molar-refractivity contribution in [3.05, 3.63) is 65.2 Å². The second-order valence-electron chi connectivity index (χ2n) is 7.24. The van der Waals surface area contributed by atoms with E-state index >= 15 is 0 Å². The molecule has 28 heavy (non-hydrogen) atoms. The SMILES string of the molecule is C[C@H](NC(=O)CN1CCC[C@H](C(=O)Nc2ccccc2)C1)c1ccccc1Cl. The molecule has 1 aliphatic rings. The van der Waals surface area contributed by atoms with Gasteiger partial charge in [0, 0.05) is 17.3 Å². The van der Waals surface area contributed by atoms with Gasteiger partial charge in [-0.1, -0.05) is 48.0 Å². The fraction of sp³-hybridized carbons (Fsp3) is 0.364. The van der Waals surface area contributed by atoms with Crippen LogP contribution in [0.2, 0.25) is 5.02 Å². The molecule has 0 aliphatic carbocycles. The van der Waals surface area contributed by atoms with Gasteiger partial charge in [-0.3, -0.25) is 14.5 Å². The van der Waals surface area contributed by atoms with Crippen molar-refractivity contribution in [2.45, 2.75) is 25.8 Å². The number of halogens is 1. The van der Waals surface area contributed by atoms with E-state index in [0.717, 1.165) is 30.6 Å². The van der Waals surface area contributed by atoms with Crippen LogP contribution in [0.5, 0.6) is 0 Å². The highest BCUT2D eigenvalue weighted by Gasteiger charge is 2.27. The Kier molecular flexibility index (Phi) is 7.06. The smallest absolute Gasteiger partial charge is 0.234 e. The molecule has 2 amide bonds. The van der Waals surface area contributed by atoms with Gasteiger partial charge in [-0.05, 0) is 50.1 Å². The zero-order valence-electron chi connectivity index (χ0n) is 16.0. The number of carbonyl (C=O) groups excluding carboxylic acids is 2. The molecule has 2 aromatic carbocycles. The Balaban J connectivity index is 1.51. The summed E-state index contributed by atoms with van der Waals surface area (Å²) >= 11 is 6.21. The lowest BCUT2D eigenvalue weighted by molar-refractivity contribution is -0.126. The van der Waals surface area contributed by atoms with Gasteiger partial charge in [0.05, 0.1) is 18.5 Å². The van der Waals surface area contributed by atoms with Crippen molar-refractivity contribution in [3.63, 3.8) is 0 Å². The molecule has 1 heterocycles. The van der Waals surface area contributed by atoms with Crippen LogP contribution in [-0.2, 0) is 9.59 Å². The van der Waals surface area contributed by atoms with Gasteiger partial charge in [-0.2, -0.15) is 0 Å². The molecule has 148 valence electrons. The third kappa shape index (κ3) is 5.57. The van der Waals surface area contributed by atoms with Crippen molar-refractivity contribution in [3.8, 4) is 0 Å². The lowest BCUT2D eigenvalue weighted by atomic mass is 9.97. The minimum Gasteiger partial charge on any atom is -0.348 e. The van der Waals surface area contributed by atoms with Crippen molar-refractivity contribution in [2.75, 3.05) is 25.0 Å². The number of piperidine rings is 1. The normalized spacial score (nSPS) is 18.3. The third-order valence-corrected chi connectivity index (χ3v) is 5.38. The molecule has 0 bridgehead atoms. The van der Waals surface area contributed by atoms with Gasteiger partial charge < -0.3 is 10.6 Å². The minimum atomic E-state index is -0.164. The van der Waals surface area contributed by atoms with Crippen molar-refractivity contribution in [1.29, 1.82) is 0 Å². The molecule has 5 nitrogen and oxygen atoms in total. The molecule has 1 fully saturated rings. The van der Waals surface area contributed by atoms with Crippen molar-refractivity contribution >= 4 is 29.1 Å². The standard InChI is InChI=1S/C22H26ClN3O2/c1-16(19-11-5-6-12-20(19)23)24-21(27)15-26-13-7-8-17(14-26)22(28)25-18-9-3-2-4-10-18/h2-6,9-12,16-17H,7-8,13-15H2,1H3,(H,24,27)(H,25,28)/t16-,17-/m0/s1. The summed E-state index contributed by atoms with van der Waals surface area (Å²) in [7, 11) is 0. The van der Waals surface area contributed by atoms with E-state index in [9.17, 15) is 9.59 Å². The summed E-state index contributed by atoms with van der Waals surface area (Å²) in [6, 6.07) is 16.8. The molecular weight excluding hydrogens is 374 g/mol. The van der Waals surface area contributed by atoms with Crippen molar-refractivity contribution < 1.29 is 9.59 Å². The maximum Gasteiger partial charge on any atom is 0.234 e. The average molecular weight is 400 g/mol. The molecule has 0 aromatic heterocycles. The number of carbonyl (C=O) groups is 2. The summed E-state index contributed by atoms with van der Waals surface area (Å²) in [5.41, 5.74) is 1.70. The summed E-state index contributed by atoms with van der Waals surface area (Å²) in [4.78, 5) is 27.1. The summed E-state index contributed by atoms with van der Waals surface area (Å²) in [6.45, 7) is 3.62. The largest absolute Gasteiger partial charge is 0.348 e. The number of benzene rings is 2. The highest BCUT2D eigenvalue weighted by molar-refractivity contribution is 6.31. The molecule has 2 N–H and O–H groups in total. The Morgan fingerprint density at radius 3 is 2.61 bits per heavy atom. The highest BCUT2D eigenvalue weighted by atomic mass is 35.5. The molecule has 1 aliphatic heterocycles. The van der Waals surface area contributed by atoms with Crippen molar-refractivity contribution in [2.24, 2.45) is 5.92 Å². The van der Waals surface area contributed by atoms with Crippen LogP contribution in [0.1, 0.15) is 31.4 Å². The van der Waals surface area contributed by atoms with E-state index < -0.39 is 0 Å². The summed E-state index contributed by atoms with van der Waals surface area (Å²) < 4.78 is 0. The molecule has 0 radical (unpaired) electrons. The number of hydrogen-bond donors (Lipinski definition) is 2. The maximum atomic E-state index is 12.5. The van der Waals surface area contributed by atoms with Gasteiger partial charge in [-0.15, -0.1) is 0 Å². The van der Waals surface area contributed by atoms with Gasteiger partial charge in [-0.25, -0.2) is 0 Å². The monoisotopic (exact) mass is 399 g/mol. The number of para-hydroxylation sites is 1. The topological polar surface area (TPSA) is 61.4 Å². The fourth-order valence-electron chi connectivity index (χ4n) is 3.57. The lowest BCUT2D eigenvalue weighted by Gasteiger charge is -2.31. The Hall–Kier alpha value is -2.37. The van der Waals surface area contributed by atoms with Crippen LogP contribution in [0.4, 0.5) is 5.69 Å². The zero-order valence-corrected chi connectivity index (χ0v) is 16.8. The molecular formula is C22H26ClN3O2. The van der Waals surface area contributed by atoms with Crippen molar-refractivity contribution in [1.82, 2.24) is 10.2 Å². The lowest BCUT2D eigenvalue weighted by Crippen LogP contribution is -2.45. The van der Waals surface area contributed by atoms with E-state index in [2.05, 4.69) is 10.6 Å². The van der Waals surface area contributed by atoms with Gasteiger partial charge in [0.25, 0.3) is 0 Å². The van der Waals surface area contributed by atoms with E-state index in [-0.39, 0.29) is 30.3 Å². The number of amides is 2. The Morgan fingerprint density at radius 1 is 1.14 bits per heavy atom. The number of nitrogens with one attached hydrogen (secondary N) is 2. The molecule has 2 aromatic rings. The van der Waals surface area contributed by atoms with E-state index in [1.165, 1.54) is 0 Å². The van der Waals surface area contributed by atoms with Crippen LogP contribution in [0.3, 0.4) is 0 Å². The molecule has 0 saturated carbocycles. The Labute approximate surface area is 171 Å². The number of hydrogen-bond acceptors (Lipinski definition) is 3. The molecule has 6 heteroatoms. The summed E-state index contributed by atoms with van der Waals surface area (Å²) in [5, 5.41) is 6.61. The zero-order chi connectivity index (χ0) is 19.9. The molecule has 0 unspecified atom stereocenters. The van der Waals surface area contributed by atoms with Crippen LogP contribution in [0.25, 0.3) is 0 Å². The molecule has 1 saturated heterocycles. The first-order chi connectivity index (χ1) is 13.5. The molecule has 3 rings (SSSR count). The average Bonchev–Trinajstić information content (AvgIpc) is 2.69. The third-order valence-electron chi connectivity index (χ3n) is 5.03. The van der Waals surface area contributed by atoms with Gasteiger partial charge in [0.2, 0.25) is 11.8 Å². The minimum absolute atomic E-state index is 0.0146. The number of nitrogens with zero attached hydrogens (tertiary/aromatic N) is 1. The number of anilines is 1. The maximum absolute atomic E-state index is 12.5. The predicted molar refractivity (Wildman–Crippen MR) is 112 cm³/mol. The first kappa shape index (κ1) is 20.4. The second kappa shape index (κ2) is 9.71.